The second-order valence-corrected chi connectivity index (χ2v) is 4.51. The molecular formula is C11H20O4. The summed E-state index contributed by atoms with van der Waals surface area (Å²) in [5.41, 5.74) is -0.853. The molecule has 0 aromatic rings. The molecule has 0 aliphatic carbocycles. The molecule has 1 aliphatic heterocycles. The molecule has 0 spiro atoms. The molecule has 0 radical (unpaired) electrons. The Balaban J connectivity index is 2.62. The van der Waals surface area contributed by atoms with E-state index in [0.717, 1.165) is 6.42 Å². The van der Waals surface area contributed by atoms with Crippen LogP contribution in [0.1, 0.15) is 27.2 Å². The number of aliphatic hydroxyl groups excluding tert-OH is 1. The van der Waals surface area contributed by atoms with Crippen LogP contribution in [-0.4, -0.2) is 37.0 Å². The largest absolute Gasteiger partial charge is 0.466 e. The second-order valence-electron chi connectivity index (χ2n) is 4.51. The molecule has 1 heterocycles. The molecule has 0 aromatic heterocycles. The summed E-state index contributed by atoms with van der Waals surface area (Å²) in [4.78, 5) is 11.6. The molecule has 4 heteroatoms. The van der Waals surface area contributed by atoms with Gasteiger partial charge in [0.1, 0.15) is 0 Å². The molecular weight excluding hydrogens is 196 g/mol. The molecule has 1 fully saturated rings. The summed E-state index contributed by atoms with van der Waals surface area (Å²) in [6, 6.07) is 0. The SMILES string of the molecule is CCOC(=O)C(C)(C)C(O)C1CCOC1. The van der Waals surface area contributed by atoms with E-state index in [1.807, 2.05) is 0 Å². The molecule has 1 rings (SSSR count). The highest BCUT2D eigenvalue weighted by Gasteiger charge is 2.42. The third-order valence-electron chi connectivity index (χ3n) is 2.95. The number of carbonyl (C=O) groups excluding carboxylic acids is 1. The van der Waals surface area contributed by atoms with Gasteiger partial charge in [0.15, 0.2) is 0 Å². The number of carbonyl (C=O) groups is 1. The van der Waals surface area contributed by atoms with E-state index in [2.05, 4.69) is 0 Å². The smallest absolute Gasteiger partial charge is 0.314 e. The topological polar surface area (TPSA) is 55.8 Å². The van der Waals surface area contributed by atoms with Gasteiger partial charge >= 0.3 is 5.97 Å². The first-order chi connectivity index (χ1) is 7.00. The molecule has 1 saturated heterocycles. The quantitative estimate of drug-likeness (QED) is 0.711. The summed E-state index contributed by atoms with van der Waals surface area (Å²) in [7, 11) is 0. The van der Waals surface area contributed by atoms with Crippen molar-refractivity contribution in [3.63, 3.8) is 0 Å². The molecule has 1 N–H and O–H groups in total. The Hall–Kier alpha value is -0.610. The van der Waals surface area contributed by atoms with Crippen molar-refractivity contribution in [3.05, 3.63) is 0 Å². The zero-order valence-electron chi connectivity index (χ0n) is 9.66. The van der Waals surface area contributed by atoms with E-state index in [4.69, 9.17) is 9.47 Å². The van der Waals surface area contributed by atoms with Crippen molar-refractivity contribution in [1.82, 2.24) is 0 Å². The fourth-order valence-electron chi connectivity index (χ4n) is 1.83. The van der Waals surface area contributed by atoms with Crippen LogP contribution in [0.3, 0.4) is 0 Å². The second kappa shape index (κ2) is 4.94. The van der Waals surface area contributed by atoms with Gasteiger partial charge in [-0.15, -0.1) is 0 Å². The fraction of sp³-hybridized carbons (Fsp3) is 0.909. The molecule has 2 atom stereocenters. The summed E-state index contributed by atoms with van der Waals surface area (Å²) in [5.74, 6) is -0.297. The van der Waals surface area contributed by atoms with Crippen LogP contribution >= 0.6 is 0 Å². The van der Waals surface area contributed by atoms with E-state index < -0.39 is 11.5 Å². The van der Waals surface area contributed by atoms with Crippen LogP contribution in [0.5, 0.6) is 0 Å². The van der Waals surface area contributed by atoms with Gasteiger partial charge in [0, 0.05) is 12.5 Å². The number of aliphatic hydroxyl groups is 1. The van der Waals surface area contributed by atoms with Crippen LogP contribution in [0.2, 0.25) is 0 Å². The van der Waals surface area contributed by atoms with Gasteiger partial charge in [0.2, 0.25) is 0 Å². The predicted molar refractivity (Wildman–Crippen MR) is 55.3 cm³/mol. The first-order valence-electron chi connectivity index (χ1n) is 5.43. The van der Waals surface area contributed by atoms with E-state index >= 15 is 0 Å². The summed E-state index contributed by atoms with van der Waals surface area (Å²) in [6.07, 6.45) is 0.114. The molecule has 4 nitrogen and oxygen atoms in total. The molecule has 0 saturated carbocycles. The van der Waals surface area contributed by atoms with Crippen LogP contribution in [0.15, 0.2) is 0 Å². The highest BCUT2D eigenvalue weighted by molar-refractivity contribution is 5.76. The minimum Gasteiger partial charge on any atom is -0.466 e. The van der Waals surface area contributed by atoms with E-state index in [1.54, 1.807) is 20.8 Å². The number of ether oxygens (including phenoxy) is 2. The Morgan fingerprint density at radius 3 is 2.80 bits per heavy atom. The average molecular weight is 216 g/mol. The molecule has 0 aromatic carbocycles. The third kappa shape index (κ3) is 2.69. The molecule has 0 bridgehead atoms. The Bertz CT molecular complexity index is 219. The lowest BCUT2D eigenvalue weighted by Crippen LogP contribution is -2.43. The van der Waals surface area contributed by atoms with Crippen LogP contribution < -0.4 is 0 Å². The van der Waals surface area contributed by atoms with Crippen molar-refractivity contribution in [2.75, 3.05) is 19.8 Å². The molecule has 88 valence electrons. The van der Waals surface area contributed by atoms with Crippen molar-refractivity contribution in [2.45, 2.75) is 33.3 Å². The Kier molecular flexibility index (Phi) is 4.11. The Labute approximate surface area is 90.6 Å². The van der Waals surface area contributed by atoms with Gasteiger partial charge < -0.3 is 14.6 Å². The van der Waals surface area contributed by atoms with Gasteiger partial charge in [-0.3, -0.25) is 4.79 Å². The van der Waals surface area contributed by atoms with Crippen LogP contribution in [0.25, 0.3) is 0 Å². The summed E-state index contributed by atoms with van der Waals surface area (Å²) >= 11 is 0. The monoisotopic (exact) mass is 216 g/mol. The summed E-state index contributed by atoms with van der Waals surface area (Å²) < 4.78 is 10.1. The number of rotatable bonds is 4. The summed E-state index contributed by atoms with van der Waals surface area (Å²) in [5, 5.41) is 10.1. The highest BCUT2D eigenvalue weighted by Crippen LogP contribution is 2.31. The number of hydrogen-bond donors (Lipinski definition) is 1. The number of esters is 1. The fourth-order valence-corrected chi connectivity index (χ4v) is 1.83. The van der Waals surface area contributed by atoms with Crippen molar-refractivity contribution in [2.24, 2.45) is 11.3 Å². The van der Waals surface area contributed by atoms with Gasteiger partial charge in [-0.2, -0.15) is 0 Å². The molecule has 1 aliphatic rings. The van der Waals surface area contributed by atoms with Crippen molar-refractivity contribution in [1.29, 1.82) is 0 Å². The predicted octanol–water partition coefficient (Wildman–Crippen LogP) is 0.973. The van der Waals surface area contributed by atoms with Gasteiger partial charge in [0.05, 0.1) is 24.7 Å². The maximum Gasteiger partial charge on any atom is 0.314 e. The summed E-state index contributed by atoms with van der Waals surface area (Å²) in [6.45, 7) is 6.74. The number of hydrogen-bond acceptors (Lipinski definition) is 4. The maximum atomic E-state index is 11.6. The third-order valence-corrected chi connectivity index (χ3v) is 2.95. The van der Waals surface area contributed by atoms with E-state index in [9.17, 15) is 9.90 Å². The Morgan fingerprint density at radius 1 is 1.67 bits per heavy atom. The van der Waals surface area contributed by atoms with Crippen molar-refractivity contribution >= 4 is 5.97 Å². The first kappa shape index (κ1) is 12.5. The van der Waals surface area contributed by atoms with E-state index in [0.29, 0.717) is 19.8 Å². The highest BCUT2D eigenvalue weighted by atomic mass is 16.5. The Morgan fingerprint density at radius 2 is 2.33 bits per heavy atom. The minimum atomic E-state index is -0.853. The lowest BCUT2D eigenvalue weighted by molar-refractivity contribution is -0.162. The van der Waals surface area contributed by atoms with Gasteiger partial charge in [-0.1, -0.05) is 0 Å². The van der Waals surface area contributed by atoms with Crippen molar-refractivity contribution < 1.29 is 19.4 Å². The lowest BCUT2D eigenvalue weighted by atomic mass is 9.79. The average Bonchev–Trinajstić information content (AvgIpc) is 2.69. The zero-order chi connectivity index (χ0) is 11.5. The van der Waals surface area contributed by atoms with Gasteiger partial charge in [-0.05, 0) is 27.2 Å². The maximum absolute atomic E-state index is 11.6. The first-order valence-corrected chi connectivity index (χ1v) is 5.43. The van der Waals surface area contributed by atoms with Crippen LogP contribution in [0, 0.1) is 11.3 Å². The normalized spacial score (nSPS) is 23.9. The molecule has 15 heavy (non-hydrogen) atoms. The standard InChI is InChI=1S/C11H20O4/c1-4-15-10(13)11(2,3)9(12)8-5-6-14-7-8/h8-9,12H,4-7H2,1-3H3. The van der Waals surface area contributed by atoms with Crippen LogP contribution in [0.4, 0.5) is 0 Å². The van der Waals surface area contributed by atoms with Crippen molar-refractivity contribution in [3.8, 4) is 0 Å². The molecule has 2 unspecified atom stereocenters. The van der Waals surface area contributed by atoms with Gasteiger partial charge in [0.25, 0.3) is 0 Å². The zero-order valence-corrected chi connectivity index (χ0v) is 9.66. The van der Waals surface area contributed by atoms with Gasteiger partial charge in [-0.25, -0.2) is 0 Å². The van der Waals surface area contributed by atoms with E-state index in [1.165, 1.54) is 0 Å². The van der Waals surface area contributed by atoms with E-state index in [-0.39, 0.29) is 11.9 Å². The minimum absolute atomic E-state index is 0.0457. The van der Waals surface area contributed by atoms with Crippen LogP contribution in [-0.2, 0) is 14.3 Å². The molecule has 0 amide bonds. The lowest BCUT2D eigenvalue weighted by Gasteiger charge is -2.31.